The van der Waals surface area contributed by atoms with E-state index in [9.17, 15) is 20.1 Å². The fraction of sp³-hybridized carbons (Fsp3) is 0. The average molecular weight is 390 g/mol. The van der Waals surface area contributed by atoms with Gasteiger partial charge in [0.2, 0.25) is 5.91 Å². The SMILES string of the molecule is O=C(C=Cc1ccco1)Nc1ccc(-c2nc3ccc([N+](=O)[O-])cc3n2O)cc1. The van der Waals surface area contributed by atoms with E-state index in [0.29, 0.717) is 22.5 Å². The molecular weight excluding hydrogens is 376 g/mol. The number of nitro groups is 1. The second-order valence-corrected chi connectivity index (χ2v) is 6.09. The molecule has 4 aromatic rings. The van der Waals surface area contributed by atoms with Crippen molar-refractivity contribution in [3.8, 4) is 11.4 Å². The minimum absolute atomic E-state index is 0.139. The summed E-state index contributed by atoms with van der Waals surface area (Å²) in [5.41, 5.74) is 1.65. The Morgan fingerprint density at radius 3 is 2.69 bits per heavy atom. The van der Waals surface area contributed by atoms with E-state index in [0.717, 1.165) is 4.73 Å². The van der Waals surface area contributed by atoms with Crippen molar-refractivity contribution in [2.45, 2.75) is 0 Å². The molecule has 2 N–H and O–H groups in total. The molecule has 0 bridgehead atoms. The monoisotopic (exact) mass is 390 g/mol. The minimum Gasteiger partial charge on any atom is -0.465 e. The van der Waals surface area contributed by atoms with Gasteiger partial charge in [-0.25, -0.2) is 4.98 Å². The third-order valence-corrected chi connectivity index (χ3v) is 4.18. The van der Waals surface area contributed by atoms with Crippen LogP contribution in [-0.4, -0.2) is 25.8 Å². The fourth-order valence-electron chi connectivity index (χ4n) is 2.78. The fourth-order valence-corrected chi connectivity index (χ4v) is 2.78. The van der Waals surface area contributed by atoms with Gasteiger partial charge in [0.25, 0.3) is 5.69 Å². The highest BCUT2D eigenvalue weighted by Crippen LogP contribution is 2.27. The van der Waals surface area contributed by atoms with Gasteiger partial charge in [0, 0.05) is 29.5 Å². The smallest absolute Gasteiger partial charge is 0.271 e. The first-order chi connectivity index (χ1) is 14.0. The van der Waals surface area contributed by atoms with Gasteiger partial charge in [0.05, 0.1) is 16.7 Å². The van der Waals surface area contributed by atoms with Crippen molar-refractivity contribution in [1.29, 1.82) is 0 Å². The Morgan fingerprint density at radius 2 is 2.00 bits per heavy atom. The van der Waals surface area contributed by atoms with Crippen molar-refractivity contribution >= 4 is 34.4 Å². The number of rotatable bonds is 5. The number of fused-ring (bicyclic) bond motifs is 1. The molecule has 0 spiro atoms. The molecule has 0 aliphatic carbocycles. The molecule has 2 heterocycles. The van der Waals surface area contributed by atoms with Gasteiger partial charge in [-0.2, -0.15) is 4.73 Å². The van der Waals surface area contributed by atoms with Crippen LogP contribution in [0.5, 0.6) is 0 Å². The van der Waals surface area contributed by atoms with E-state index in [1.165, 1.54) is 30.5 Å². The quantitative estimate of drug-likeness (QED) is 0.229. The Labute approximate surface area is 163 Å². The number of furan rings is 1. The summed E-state index contributed by atoms with van der Waals surface area (Å²) < 4.78 is 5.93. The number of nitrogens with one attached hydrogen (secondary N) is 1. The second kappa shape index (κ2) is 7.31. The topological polar surface area (TPSA) is 123 Å². The number of hydrogen-bond donors (Lipinski definition) is 2. The normalized spacial score (nSPS) is 11.2. The Bertz CT molecular complexity index is 1220. The van der Waals surface area contributed by atoms with Gasteiger partial charge < -0.3 is 14.9 Å². The molecule has 29 heavy (non-hydrogen) atoms. The Morgan fingerprint density at radius 1 is 1.21 bits per heavy atom. The number of hydrogen-bond acceptors (Lipinski definition) is 6. The molecule has 9 heteroatoms. The van der Waals surface area contributed by atoms with Crippen LogP contribution in [0.1, 0.15) is 5.76 Å². The summed E-state index contributed by atoms with van der Waals surface area (Å²) in [4.78, 5) is 26.7. The molecule has 0 fully saturated rings. The van der Waals surface area contributed by atoms with Crippen LogP contribution in [0, 0.1) is 10.1 Å². The van der Waals surface area contributed by atoms with Crippen molar-refractivity contribution in [2.75, 3.05) is 5.32 Å². The summed E-state index contributed by atoms with van der Waals surface area (Å²) in [7, 11) is 0. The van der Waals surface area contributed by atoms with E-state index >= 15 is 0 Å². The van der Waals surface area contributed by atoms with Gasteiger partial charge in [0.15, 0.2) is 5.82 Å². The first kappa shape index (κ1) is 18.0. The number of benzene rings is 2. The largest absolute Gasteiger partial charge is 0.465 e. The average Bonchev–Trinajstić information content (AvgIpc) is 3.35. The molecule has 4 rings (SSSR count). The van der Waals surface area contributed by atoms with E-state index in [-0.39, 0.29) is 22.9 Å². The summed E-state index contributed by atoms with van der Waals surface area (Å²) in [5.74, 6) is 0.476. The number of aromatic nitrogens is 2. The van der Waals surface area contributed by atoms with Crippen LogP contribution in [-0.2, 0) is 4.79 Å². The number of carbonyl (C=O) groups is 1. The number of imidazole rings is 1. The van der Waals surface area contributed by atoms with Crippen molar-refractivity contribution in [2.24, 2.45) is 0 Å². The molecule has 0 radical (unpaired) electrons. The first-order valence-corrected chi connectivity index (χ1v) is 8.50. The zero-order valence-corrected chi connectivity index (χ0v) is 14.9. The molecule has 9 nitrogen and oxygen atoms in total. The van der Waals surface area contributed by atoms with Crippen LogP contribution in [0.25, 0.3) is 28.5 Å². The lowest BCUT2D eigenvalue weighted by atomic mass is 10.2. The van der Waals surface area contributed by atoms with Crippen molar-refractivity contribution in [1.82, 2.24) is 9.71 Å². The van der Waals surface area contributed by atoms with Gasteiger partial charge in [-0.15, -0.1) is 0 Å². The molecular formula is C20H14N4O5. The number of nitrogens with zero attached hydrogens (tertiary/aromatic N) is 3. The first-order valence-electron chi connectivity index (χ1n) is 8.50. The molecule has 2 aromatic heterocycles. The predicted molar refractivity (Wildman–Crippen MR) is 105 cm³/mol. The van der Waals surface area contributed by atoms with Gasteiger partial charge in [-0.1, -0.05) is 0 Å². The van der Waals surface area contributed by atoms with E-state index < -0.39 is 4.92 Å². The molecule has 2 aromatic carbocycles. The van der Waals surface area contributed by atoms with Crippen LogP contribution >= 0.6 is 0 Å². The molecule has 0 unspecified atom stereocenters. The zero-order valence-electron chi connectivity index (χ0n) is 14.9. The lowest BCUT2D eigenvalue weighted by molar-refractivity contribution is -0.384. The van der Waals surface area contributed by atoms with Gasteiger partial charge >= 0.3 is 0 Å². The highest BCUT2D eigenvalue weighted by molar-refractivity contribution is 6.01. The molecule has 0 saturated heterocycles. The van der Waals surface area contributed by atoms with Gasteiger partial charge in [0.1, 0.15) is 11.3 Å². The highest BCUT2D eigenvalue weighted by Gasteiger charge is 2.15. The highest BCUT2D eigenvalue weighted by atomic mass is 16.6. The summed E-state index contributed by atoms with van der Waals surface area (Å²) in [6.45, 7) is 0. The number of non-ortho nitro benzene ring substituents is 1. The van der Waals surface area contributed by atoms with Crippen LogP contribution in [0.2, 0.25) is 0 Å². The Balaban J connectivity index is 1.54. The molecule has 0 atom stereocenters. The lowest BCUT2D eigenvalue weighted by Crippen LogP contribution is -2.07. The Kier molecular flexibility index (Phi) is 4.54. The maximum Gasteiger partial charge on any atom is 0.271 e. The van der Waals surface area contributed by atoms with E-state index in [2.05, 4.69) is 10.3 Å². The maximum atomic E-state index is 12.0. The summed E-state index contributed by atoms with van der Waals surface area (Å²) in [6, 6.07) is 14.2. The van der Waals surface area contributed by atoms with E-state index in [4.69, 9.17) is 4.42 Å². The molecule has 0 aliphatic rings. The Hall–Kier alpha value is -4.40. The lowest BCUT2D eigenvalue weighted by Gasteiger charge is -2.04. The van der Waals surface area contributed by atoms with E-state index in [1.807, 2.05) is 0 Å². The number of amides is 1. The molecule has 144 valence electrons. The summed E-state index contributed by atoms with van der Waals surface area (Å²) in [5, 5.41) is 24.0. The second-order valence-electron chi connectivity index (χ2n) is 6.09. The molecule has 0 saturated carbocycles. The van der Waals surface area contributed by atoms with Crippen molar-refractivity contribution in [3.63, 3.8) is 0 Å². The molecule has 1 amide bonds. The van der Waals surface area contributed by atoms with Crippen molar-refractivity contribution in [3.05, 3.63) is 82.8 Å². The number of nitro benzene ring substituents is 1. The van der Waals surface area contributed by atoms with Crippen molar-refractivity contribution < 1.29 is 19.3 Å². The van der Waals surface area contributed by atoms with Crippen LogP contribution < -0.4 is 5.32 Å². The third kappa shape index (κ3) is 3.69. The summed E-state index contributed by atoms with van der Waals surface area (Å²) in [6.07, 6.45) is 4.42. The number of carbonyl (C=O) groups excluding carboxylic acids is 1. The van der Waals surface area contributed by atoms with Gasteiger partial charge in [-0.3, -0.25) is 14.9 Å². The van der Waals surface area contributed by atoms with Crippen LogP contribution in [0.15, 0.2) is 71.4 Å². The summed E-state index contributed by atoms with van der Waals surface area (Å²) >= 11 is 0. The van der Waals surface area contributed by atoms with Crippen LogP contribution in [0.3, 0.4) is 0 Å². The standard InChI is InChI=1S/C20H14N4O5/c25-19(10-8-16-2-1-11-29-16)21-14-5-3-13(4-6-14)20-22-17-9-7-15(24(27)28)12-18(17)23(20)26/h1-12,26H,(H,21,25). The van der Waals surface area contributed by atoms with E-state index in [1.54, 1.807) is 42.5 Å². The minimum atomic E-state index is -0.538. The van der Waals surface area contributed by atoms with Gasteiger partial charge in [-0.05, 0) is 48.5 Å². The predicted octanol–water partition coefficient (Wildman–Crippen LogP) is 4.09. The number of anilines is 1. The molecule has 0 aliphatic heterocycles. The third-order valence-electron chi connectivity index (χ3n) is 4.18. The maximum absolute atomic E-state index is 12.0. The zero-order chi connectivity index (χ0) is 20.4. The van der Waals surface area contributed by atoms with Crippen LogP contribution in [0.4, 0.5) is 11.4 Å².